The zero-order valence-corrected chi connectivity index (χ0v) is 5.65. The summed E-state index contributed by atoms with van der Waals surface area (Å²) < 4.78 is 4.60. The van der Waals surface area contributed by atoms with Crippen molar-refractivity contribution in [3.63, 3.8) is 0 Å². The Hall–Kier alpha value is -0.610. The van der Waals surface area contributed by atoms with Gasteiger partial charge < -0.3 is 14.9 Å². The number of esters is 1. The second-order valence-corrected chi connectivity index (χ2v) is 2.47. The molecule has 4 nitrogen and oxygen atoms in total. The average Bonchev–Trinajstić information content (AvgIpc) is 2.13. The first-order valence-corrected chi connectivity index (χ1v) is 3.18. The minimum Gasteiger partial charge on any atom is -0.458 e. The second-order valence-electron chi connectivity index (χ2n) is 2.47. The molecular weight excluding hydrogens is 136 g/mol. The fraction of sp³-hybridized carbons (Fsp3) is 0.833. The van der Waals surface area contributed by atoms with Gasteiger partial charge in [0.2, 0.25) is 0 Å². The molecule has 0 bridgehead atoms. The maximum Gasteiger partial charge on any atom is 0.335 e. The van der Waals surface area contributed by atoms with Crippen molar-refractivity contribution in [2.24, 2.45) is 0 Å². The lowest BCUT2D eigenvalue weighted by Gasteiger charge is -2.10. The van der Waals surface area contributed by atoms with E-state index in [0.717, 1.165) is 0 Å². The number of rotatable bonds is 1. The Kier molecular flexibility index (Phi) is 1.92. The van der Waals surface area contributed by atoms with Crippen LogP contribution in [0.2, 0.25) is 0 Å². The number of cyclic esters (lactones) is 1. The highest BCUT2D eigenvalue weighted by Crippen LogP contribution is 2.17. The molecule has 1 fully saturated rings. The van der Waals surface area contributed by atoms with Crippen LogP contribution in [0, 0.1) is 0 Å². The standard InChI is InChI=1S/C6H10O4/c1-3(7)5-2-4(8)6(9)10-5/h3-5,7-8H,2H2,1H3/t3-,4+,5+/m0/s1. The van der Waals surface area contributed by atoms with E-state index in [-0.39, 0.29) is 6.42 Å². The normalized spacial score (nSPS) is 35.7. The van der Waals surface area contributed by atoms with Gasteiger partial charge in [-0.1, -0.05) is 0 Å². The van der Waals surface area contributed by atoms with Crippen LogP contribution >= 0.6 is 0 Å². The summed E-state index contributed by atoms with van der Waals surface area (Å²) in [4.78, 5) is 10.5. The Morgan fingerprint density at radius 2 is 2.40 bits per heavy atom. The van der Waals surface area contributed by atoms with Crippen molar-refractivity contribution in [1.29, 1.82) is 0 Å². The Bertz CT molecular complexity index is 143. The predicted octanol–water partition coefficient (Wildman–Crippen LogP) is -0.956. The summed E-state index contributed by atoms with van der Waals surface area (Å²) in [5, 5.41) is 17.7. The molecule has 1 aliphatic heterocycles. The van der Waals surface area contributed by atoms with Crippen LogP contribution in [0.3, 0.4) is 0 Å². The van der Waals surface area contributed by atoms with E-state index in [0.29, 0.717) is 0 Å². The first kappa shape index (κ1) is 7.50. The summed E-state index contributed by atoms with van der Waals surface area (Å²) in [6, 6.07) is 0. The maximum absolute atomic E-state index is 10.5. The van der Waals surface area contributed by atoms with Crippen molar-refractivity contribution < 1.29 is 19.7 Å². The molecule has 0 saturated carbocycles. The summed E-state index contributed by atoms with van der Waals surface area (Å²) in [5.74, 6) is -0.633. The molecule has 4 heteroatoms. The quantitative estimate of drug-likeness (QED) is 0.468. The Morgan fingerprint density at radius 1 is 1.80 bits per heavy atom. The lowest BCUT2D eigenvalue weighted by molar-refractivity contribution is -0.150. The van der Waals surface area contributed by atoms with Gasteiger partial charge in [-0.2, -0.15) is 0 Å². The highest BCUT2D eigenvalue weighted by Gasteiger charge is 2.35. The van der Waals surface area contributed by atoms with Gasteiger partial charge in [0.05, 0.1) is 6.10 Å². The van der Waals surface area contributed by atoms with Crippen molar-refractivity contribution >= 4 is 5.97 Å². The maximum atomic E-state index is 10.5. The molecule has 0 aliphatic carbocycles. The summed E-state index contributed by atoms with van der Waals surface area (Å²) >= 11 is 0. The third-order valence-corrected chi connectivity index (χ3v) is 1.53. The Balaban J connectivity index is 2.49. The number of carbonyl (C=O) groups excluding carboxylic acids is 1. The summed E-state index contributed by atoms with van der Waals surface area (Å²) in [7, 11) is 0. The van der Waals surface area contributed by atoms with Gasteiger partial charge in [-0.05, 0) is 6.92 Å². The summed E-state index contributed by atoms with van der Waals surface area (Å²) in [5.41, 5.74) is 0. The lowest BCUT2D eigenvalue weighted by atomic mass is 10.1. The SMILES string of the molecule is C[C@H](O)[C@H]1C[C@@H](O)C(=O)O1. The van der Waals surface area contributed by atoms with E-state index in [1.54, 1.807) is 0 Å². The fourth-order valence-electron chi connectivity index (χ4n) is 0.888. The molecule has 0 aromatic carbocycles. The molecule has 0 amide bonds. The van der Waals surface area contributed by atoms with Gasteiger partial charge in [0.1, 0.15) is 6.10 Å². The van der Waals surface area contributed by atoms with E-state index in [1.807, 2.05) is 0 Å². The van der Waals surface area contributed by atoms with E-state index in [1.165, 1.54) is 6.92 Å². The first-order valence-electron chi connectivity index (χ1n) is 3.18. The van der Waals surface area contributed by atoms with E-state index in [2.05, 4.69) is 4.74 Å². The van der Waals surface area contributed by atoms with Gasteiger partial charge in [-0.15, -0.1) is 0 Å². The van der Waals surface area contributed by atoms with Crippen LogP contribution in [-0.4, -0.2) is 34.5 Å². The van der Waals surface area contributed by atoms with Crippen LogP contribution in [0.25, 0.3) is 0 Å². The highest BCUT2D eigenvalue weighted by molar-refractivity contribution is 5.76. The zero-order chi connectivity index (χ0) is 7.72. The van der Waals surface area contributed by atoms with E-state index < -0.39 is 24.3 Å². The number of aliphatic hydroxyl groups is 2. The molecule has 0 aromatic heterocycles. The number of aliphatic hydroxyl groups excluding tert-OH is 2. The third-order valence-electron chi connectivity index (χ3n) is 1.53. The molecule has 0 unspecified atom stereocenters. The van der Waals surface area contributed by atoms with Crippen molar-refractivity contribution in [2.75, 3.05) is 0 Å². The van der Waals surface area contributed by atoms with Crippen molar-refractivity contribution in [3.05, 3.63) is 0 Å². The van der Waals surface area contributed by atoms with Gasteiger partial charge in [-0.3, -0.25) is 0 Å². The minimum atomic E-state index is -1.04. The van der Waals surface area contributed by atoms with Gasteiger partial charge in [-0.25, -0.2) is 4.79 Å². The van der Waals surface area contributed by atoms with Crippen LogP contribution < -0.4 is 0 Å². The van der Waals surface area contributed by atoms with Gasteiger partial charge in [0.25, 0.3) is 0 Å². The first-order chi connectivity index (χ1) is 4.61. The van der Waals surface area contributed by atoms with Crippen molar-refractivity contribution in [2.45, 2.75) is 31.7 Å². The van der Waals surface area contributed by atoms with E-state index >= 15 is 0 Å². The third kappa shape index (κ3) is 1.27. The van der Waals surface area contributed by atoms with Crippen molar-refractivity contribution in [1.82, 2.24) is 0 Å². The van der Waals surface area contributed by atoms with Crippen molar-refractivity contribution in [3.8, 4) is 0 Å². The molecule has 0 radical (unpaired) electrons. The molecule has 58 valence electrons. The van der Waals surface area contributed by atoms with Crippen LogP contribution in [0.5, 0.6) is 0 Å². The number of carbonyl (C=O) groups is 1. The molecule has 0 aromatic rings. The zero-order valence-electron chi connectivity index (χ0n) is 5.65. The van der Waals surface area contributed by atoms with Crippen LogP contribution in [0.1, 0.15) is 13.3 Å². The molecule has 1 saturated heterocycles. The van der Waals surface area contributed by atoms with E-state index in [4.69, 9.17) is 10.2 Å². The van der Waals surface area contributed by atoms with Crippen LogP contribution in [-0.2, 0) is 9.53 Å². The molecule has 10 heavy (non-hydrogen) atoms. The average molecular weight is 146 g/mol. The lowest BCUT2D eigenvalue weighted by Crippen LogP contribution is -2.21. The monoisotopic (exact) mass is 146 g/mol. The number of hydrogen-bond donors (Lipinski definition) is 2. The molecule has 3 atom stereocenters. The summed E-state index contributed by atoms with van der Waals surface area (Å²) in [6.07, 6.45) is -2.06. The fourth-order valence-corrected chi connectivity index (χ4v) is 0.888. The van der Waals surface area contributed by atoms with Gasteiger partial charge in [0, 0.05) is 6.42 Å². The minimum absolute atomic E-state index is 0.205. The van der Waals surface area contributed by atoms with Gasteiger partial charge >= 0.3 is 5.97 Å². The second kappa shape index (κ2) is 2.56. The molecule has 1 heterocycles. The van der Waals surface area contributed by atoms with Crippen LogP contribution in [0.4, 0.5) is 0 Å². The largest absolute Gasteiger partial charge is 0.458 e. The predicted molar refractivity (Wildman–Crippen MR) is 32.2 cm³/mol. The Labute approximate surface area is 58.4 Å². The topological polar surface area (TPSA) is 66.8 Å². The smallest absolute Gasteiger partial charge is 0.335 e. The molecule has 1 rings (SSSR count). The number of ether oxygens (including phenoxy) is 1. The van der Waals surface area contributed by atoms with Crippen LogP contribution in [0.15, 0.2) is 0 Å². The number of hydrogen-bond acceptors (Lipinski definition) is 4. The highest BCUT2D eigenvalue weighted by atomic mass is 16.6. The molecular formula is C6H10O4. The summed E-state index contributed by atoms with van der Waals surface area (Å²) in [6.45, 7) is 1.52. The Morgan fingerprint density at radius 3 is 2.60 bits per heavy atom. The molecule has 2 N–H and O–H groups in total. The molecule has 1 aliphatic rings. The molecule has 0 spiro atoms. The van der Waals surface area contributed by atoms with Gasteiger partial charge in [0.15, 0.2) is 6.10 Å². The van der Waals surface area contributed by atoms with E-state index in [9.17, 15) is 4.79 Å².